The number of para-hydroxylation sites is 1. The van der Waals surface area contributed by atoms with E-state index in [1.807, 2.05) is 35.7 Å². The molecule has 2 aromatic carbocycles. The van der Waals surface area contributed by atoms with E-state index in [1.54, 1.807) is 6.92 Å². The maximum absolute atomic E-state index is 13.6. The predicted molar refractivity (Wildman–Crippen MR) is 97.9 cm³/mol. The summed E-state index contributed by atoms with van der Waals surface area (Å²) in [6, 6.07) is 13.2. The molecule has 0 bridgehead atoms. The van der Waals surface area contributed by atoms with Gasteiger partial charge in [-0.05, 0) is 19.1 Å². The summed E-state index contributed by atoms with van der Waals surface area (Å²) < 4.78 is 28.0. The smallest absolute Gasteiger partial charge is 0.237 e. The van der Waals surface area contributed by atoms with Crippen LogP contribution in [-0.4, -0.2) is 16.1 Å². The quantitative estimate of drug-likeness (QED) is 0.622. The van der Waals surface area contributed by atoms with Crippen LogP contribution in [0.4, 0.5) is 14.5 Å². The average Bonchev–Trinajstić information content (AvgIpc) is 3.07. The molecular weight excluding hydrogens is 362 g/mol. The second kappa shape index (κ2) is 7.76. The molecule has 0 saturated heterocycles. The summed E-state index contributed by atoms with van der Waals surface area (Å²) in [4.78, 5) is 16.7. The summed E-state index contributed by atoms with van der Waals surface area (Å²) in [7, 11) is 0. The Hall–Kier alpha value is -2.25. The van der Waals surface area contributed by atoms with E-state index in [4.69, 9.17) is 0 Å². The molecule has 3 rings (SSSR count). The second-order valence-corrected chi connectivity index (χ2v) is 7.66. The van der Waals surface area contributed by atoms with Gasteiger partial charge in [0.2, 0.25) is 5.91 Å². The molecule has 1 heterocycles. The molecule has 1 N–H and O–H groups in total. The van der Waals surface area contributed by atoms with E-state index >= 15 is 0 Å². The number of benzene rings is 2. The summed E-state index contributed by atoms with van der Waals surface area (Å²) >= 11 is 2.68. The highest BCUT2D eigenvalue weighted by molar-refractivity contribution is 8.02. The topological polar surface area (TPSA) is 42.0 Å². The van der Waals surface area contributed by atoms with Crippen LogP contribution in [0.3, 0.4) is 0 Å². The first-order chi connectivity index (χ1) is 12.0. The number of anilines is 1. The molecule has 0 aliphatic heterocycles. The normalized spacial score (nSPS) is 12.0. The predicted octanol–water partition coefficient (Wildman–Crippen LogP) is 5.21. The molecule has 3 aromatic rings. The molecule has 3 nitrogen and oxygen atoms in total. The minimum Gasteiger partial charge on any atom is -0.320 e. The Balaban J connectivity index is 1.67. The van der Waals surface area contributed by atoms with Gasteiger partial charge in [-0.3, -0.25) is 4.79 Å². The Morgan fingerprint density at radius 3 is 2.48 bits per heavy atom. The maximum atomic E-state index is 13.6. The molecule has 0 unspecified atom stereocenters. The third-order valence-corrected chi connectivity index (χ3v) is 5.48. The van der Waals surface area contributed by atoms with Gasteiger partial charge < -0.3 is 5.32 Å². The zero-order chi connectivity index (χ0) is 17.8. The Bertz CT molecular complexity index is 864. The SMILES string of the molecule is C[C@H](Sc1nc(-c2ccccc2)cs1)C(=O)Nc1c(F)cccc1F. The minimum absolute atomic E-state index is 0.427. The van der Waals surface area contributed by atoms with Gasteiger partial charge in [0, 0.05) is 10.9 Å². The third kappa shape index (κ3) is 4.24. The monoisotopic (exact) mass is 376 g/mol. The summed E-state index contributed by atoms with van der Waals surface area (Å²) in [6.45, 7) is 1.67. The van der Waals surface area contributed by atoms with Crippen LogP contribution in [0.2, 0.25) is 0 Å². The fourth-order valence-corrected chi connectivity index (χ4v) is 4.07. The standard InChI is InChI=1S/C18H14F2N2OS2/c1-11(17(23)22-16-13(19)8-5-9-14(16)20)25-18-21-15(10-24-18)12-6-3-2-4-7-12/h2-11H,1H3,(H,22,23)/t11-/m0/s1. The molecule has 0 radical (unpaired) electrons. The van der Waals surface area contributed by atoms with Gasteiger partial charge in [0.15, 0.2) is 4.34 Å². The van der Waals surface area contributed by atoms with E-state index in [2.05, 4.69) is 10.3 Å². The molecule has 7 heteroatoms. The third-order valence-electron chi connectivity index (χ3n) is 3.41. The van der Waals surface area contributed by atoms with Crippen LogP contribution < -0.4 is 5.32 Å². The van der Waals surface area contributed by atoms with Gasteiger partial charge in [-0.2, -0.15) is 0 Å². The van der Waals surface area contributed by atoms with Crippen molar-refractivity contribution in [3.63, 3.8) is 0 Å². The van der Waals surface area contributed by atoms with Crippen molar-refractivity contribution >= 4 is 34.7 Å². The number of halogens is 2. The first-order valence-corrected chi connectivity index (χ1v) is 9.23. The van der Waals surface area contributed by atoms with Crippen molar-refractivity contribution in [3.05, 3.63) is 65.5 Å². The largest absolute Gasteiger partial charge is 0.320 e. The van der Waals surface area contributed by atoms with Gasteiger partial charge in [0.25, 0.3) is 0 Å². The van der Waals surface area contributed by atoms with Crippen LogP contribution >= 0.6 is 23.1 Å². The fourth-order valence-electron chi connectivity index (χ4n) is 2.10. The maximum Gasteiger partial charge on any atom is 0.237 e. The van der Waals surface area contributed by atoms with E-state index < -0.39 is 28.5 Å². The van der Waals surface area contributed by atoms with Gasteiger partial charge in [0.1, 0.15) is 17.3 Å². The lowest BCUT2D eigenvalue weighted by molar-refractivity contribution is -0.115. The highest BCUT2D eigenvalue weighted by atomic mass is 32.2. The number of aromatic nitrogens is 1. The number of hydrogen-bond acceptors (Lipinski definition) is 4. The van der Waals surface area contributed by atoms with Crippen LogP contribution in [-0.2, 0) is 4.79 Å². The van der Waals surface area contributed by atoms with Crippen molar-refractivity contribution in [2.24, 2.45) is 0 Å². The summed E-state index contributed by atoms with van der Waals surface area (Å²) in [6.07, 6.45) is 0. The zero-order valence-corrected chi connectivity index (χ0v) is 14.8. The van der Waals surface area contributed by atoms with E-state index in [0.29, 0.717) is 0 Å². The Labute approximate surface area is 152 Å². The molecular formula is C18H14F2N2OS2. The molecule has 25 heavy (non-hydrogen) atoms. The number of thiazole rings is 1. The first-order valence-electron chi connectivity index (χ1n) is 7.47. The molecule has 0 saturated carbocycles. The van der Waals surface area contributed by atoms with E-state index in [0.717, 1.165) is 27.7 Å². The number of carbonyl (C=O) groups is 1. The van der Waals surface area contributed by atoms with Gasteiger partial charge in [-0.15, -0.1) is 11.3 Å². The van der Waals surface area contributed by atoms with Crippen molar-refractivity contribution < 1.29 is 13.6 Å². The number of amides is 1. The van der Waals surface area contributed by atoms with Crippen molar-refractivity contribution in [1.82, 2.24) is 4.98 Å². The highest BCUT2D eigenvalue weighted by Gasteiger charge is 2.19. The molecule has 0 spiro atoms. The van der Waals surface area contributed by atoms with Gasteiger partial charge in [-0.25, -0.2) is 13.8 Å². The lowest BCUT2D eigenvalue weighted by Gasteiger charge is -2.11. The van der Waals surface area contributed by atoms with Crippen LogP contribution in [0.25, 0.3) is 11.3 Å². The lowest BCUT2D eigenvalue weighted by Crippen LogP contribution is -2.23. The van der Waals surface area contributed by atoms with Gasteiger partial charge in [-0.1, -0.05) is 48.2 Å². The summed E-state index contributed by atoms with van der Waals surface area (Å²) in [5.74, 6) is -2.08. The highest BCUT2D eigenvalue weighted by Crippen LogP contribution is 2.31. The molecule has 128 valence electrons. The van der Waals surface area contributed by atoms with Gasteiger partial charge in [0.05, 0.1) is 10.9 Å². The second-order valence-electron chi connectivity index (χ2n) is 5.21. The van der Waals surface area contributed by atoms with Crippen LogP contribution in [0.5, 0.6) is 0 Å². The van der Waals surface area contributed by atoms with E-state index in [-0.39, 0.29) is 0 Å². The number of nitrogens with zero attached hydrogens (tertiary/aromatic N) is 1. The van der Waals surface area contributed by atoms with Crippen molar-refractivity contribution in [2.45, 2.75) is 16.5 Å². The van der Waals surface area contributed by atoms with Crippen LogP contribution in [0.15, 0.2) is 58.3 Å². The van der Waals surface area contributed by atoms with Crippen molar-refractivity contribution in [2.75, 3.05) is 5.32 Å². The van der Waals surface area contributed by atoms with Crippen LogP contribution in [0, 0.1) is 11.6 Å². The van der Waals surface area contributed by atoms with Gasteiger partial charge >= 0.3 is 0 Å². The number of carbonyl (C=O) groups excluding carboxylic acids is 1. The first kappa shape index (κ1) is 17.6. The number of rotatable bonds is 5. The summed E-state index contributed by atoms with van der Waals surface area (Å²) in [5, 5.41) is 3.67. The molecule has 0 aliphatic carbocycles. The molecule has 0 fully saturated rings. The lowest BCUT2D eigenvalue weighted by atomic mass is 10.2. The molecule has 0 aliphatic rings. The van der Waals surface area contributed by atoms with E-state index in [1.165, 1.54) is 29.2 Å². The van der Waals surface area contributed by atoms with Crippen LogP contribution in [0.1, 0.15) is 6.92 Å². The van der Waals surface area contributed by atoms with Crippen molar-refractivity contribution in [3.8, 4) is 11.3 Å². The number of nitrogens with one attached hydrogen (secondary N) is 1. The Kier molecular flexibility index (Phi) is 5.45. The Morgan fingerprint density at radius 1 is 1.12 bits per heavy atom. The number of thioether (sulfide) groups is 1. The number of hydrogen-bond donors (Lipinski definition) is 1. The zero-order valence-electron chi connectivity index (χ0n) is 13.2. The average molecular weight is 376 g/mol. The molecule has 1 aromatic heterocycles. The minimum atomic E-state index is -0.800. The Morgan fingerprint density at radius 2 is 1.80 bits per heavy atom. The molecule has 1 amide bonds. The van der Waals surface area contributed by atoms with E-state index in [9.17, 15) is 13.6 Å². The molecule has 1 atom stereocenters. The van der Waals surface area contributed by atoms with Crippen molar-refractivity contribution in [1.29, 1.82) is 0 Å². The summed E-state index contributed by atoms with van der Waals surface area (Å²) in [5.41, 5.74) is 1.40. The fraction of sp³-hybridized carbons (Fsp3) is 0.111.